The Balaban J connectivity index is 1.79. The Bertz CT molecular complexity index is 460. The molecule has 0 aromatic heterocycles. The highest BCUT2D eigenvalue weighted by molar-refractivity contribution is 6.74. The third-order valence-corrected chi connectivity index (χ3v) is 9.81. The van der Waals surface area contributed by atoms with Crippen LogP contribution in [0.2, 0.25) is 18.1 Å². The molecule has 0 aliphatic carbocycles. The molecule has 1 aromatic carbocycles. The molecule has 0 saturated carbocycles. The zero-order valence-corrected chi connectivity index (χ0v) is 16.6. The zero-order valence-electron chi connectivity index (χ0n) is 15.6. The summed E-state index contributed by atoms with van der Waals surface area (Å²) in [6.07, 6.45) is 6.73. The number of epoxide rings is 1. The second-order valence-corrected chi connectivity index (χ2v) is 13.2. The Morgan fingerprint density at radius 1 is 1.17 bits per heavy atom. The van der Waals surface area contributed by atoms with Crippen LogP contribution >= 0.6 is 0 Å². The summed E-state index contributed by atoms with van der Waals surface area (Å²) in [7, 11) is -1.69. The average molecular weight is 335 g/mol. The molecule has 0 radical (unpaired) electrons. The van der Waals surface area contributed by atoms with Crippen LogP contribution in [0.5, 0.6) is 0 Å². The van der Waals surface area contributed by atoms with E-state index in [4.69, 9.17) is 9.16 Å². The van der Waals surface area contributed by atoms with Gasteiger partial charge in [0.15, 0.2) is 8.32 Å². The molecule has 1 unspecified atom stereocenters. The zero-order chi connectivity index (χ0) is 16.9. The molecule has 1 aliphatic heterocycles. The van der Waals surface area contributed by atoms with E-state index in [9.17, 15) is 0 Å². The van der Waals surface area contributed by atoms with Gasteiger partial charge in [-0.2, -0.15) is 0 Å². The fourth-order valence-electron chi connectivity index (χ4n) is 2.66. The summed E-state index contributed by atoms with van der Waals surface area (Å²) in [5, 5.41) is 0.277. The largest absolute Gasteiger partial charge is 0.414 e. The van der Waals surface area contributed by atoms with Gasteiger partial charge in [0.2, 0.25) is 0 Å². The number of rotatable bonds is 9. The van der Waals surface area contributed by atoms with Crippen LogP contribution in [0.3, 0.4) is 0 Å². The number of hydrogen-bond acceptors (Lipinski definition) is 2. The van der Waals surface area contributed by atoms with E-state index < -0.39 is 8.32 Å². The lowest BCUT2D eigenvalue weighted by Crippen LogP contribution is -2.44. The summed E-state index contributed by atoms with van der Waals surface area (Å²) in [6, 6.07) is 10.8. The van der Waals surface area contributed by atoms with Crippen LogP contribution in [0, 0.1) is 0 Å². The highest BCUT2D eigenvalue weighted by Crippen LogP contribution is 2.38. The lowest BCUT2D eigenvalue weighted by Gasteiger charge is -2.39. The Labute approximate surface area is 143 Å². The van der Waals surface area contributed by atoms with Crippen molar-refractivity contribution >= 4 is 8.32 Å². The Morgan fingerprint density at radius 2 is 1.83 bits per heavy atom. The van der Waals surface area contributed by atoms with Gasteiger partial charge in [0, 0.05) is 12.5 Å². The predicted octanol–water partition coefficient (Wildman–Crippen LogP) is 5.58. The minimum atomic E-state index is -1.69. The first-order valence-corrected chi connectivity index (χ1v) is 12.0. The first kappa shape index (κ1) is 18.7. The van der Waals surface area contributed by atoms with Gasteiger partial charge in [-0.1, -0.05) is 57.5 Å². The maximum atomic E-state index is 6.66. The molecule has 0 bridgehead atoms. The van der Waals surface area contributed by atoms with Crippen LogP contribution in [0.1, 0.15) is 52.0 Å². The van der Waals surface area contributed by atoms with Crippen LogP contribution < -0.4 is 0 Å². The summed E-state index contributed by atoms with van der Waals surface area (Å²) in [5.74, 6) is 0. The van der Waals surface area contributed by atoms with E-state index in [1.54, 1.807) is 0 Å². The molecule has 2 nitrogen and oxygen atoms in total. The summed E-state index contributed by atoms with van der Waals surface area (Å²) in [5.41, 5.74) is 1.44. The maximum Gasteiger partial charge on any atom is 0.192 e. The summed E-state index contributed by atoms with van der Waals surface area (Å²) < 4.78 is 12.1. The normalized spacial score (nSPS) is 19.6. The third kappa shape index (κ3) is 6.40. The minimum absolute atomic E-state index is 0.277. The molecule has 1 fully saturated rings. The fraction of sp³-hybridized carbons (Fsp3) is 0.700. The van der Waals surface area contributed by atoms with Crippen LogP contribution in [-0.2, 0) is 15.6 Å². The first-order chi connectivity index (χ1) is 10.8. The molecule has 1 aromatic rings. The monoisotopic (exact) mass is 334 g/mol. The molecule has 2 rings (SSSR count). The summed E-state index contributed by atoms with van der Waals surface area (Å²) >= 11 is 0. The van der Waals surface area contributed by atoms with Crippen LogP contribution in [0.15, 0.2) is 30.3 Å². The third-order valence-electron chi connectivity index (χ3n) is 5.28. The summed E-state index contributed by atoms with van der Waals surface area (Å²) in [4.78, 5) is 0. The molecule has 0 N–H and O–H groups in total. The van der Waals surface area contributed by atoms with Crippen molar-refractivity contribution in [3.8, 4) is 0 Å². The van der Waals surface area contributed by atoms with Crippen molar-refractivity contribution in [2.24, 2.45) is 0 Å². The quantitative estimate of drug-likeness (QED) is 0.334. The van der Waals surface area contributed by atoms with E-state index in [0.717, 1.165) is 13.0 Å². The minimum Gasteiger partial charge on any atom is -0.414 e. The second-order valence-electron chi connectivity index (χ2n) is 8.42. The number of unbranched alkanes of at least 4 members (excludes halogenated alkanes) is 1. The van der Waals surface area contributed by atoms with Crippen molar-refractivity contribution in [3.63, 3.8) is 0 Å². The molecule has 1 saturated heterocycles. The van der Waals surface area contributed by atoms with Gasteiger partial charge < -0.3 is 9.16 Å². The van der Waals surface area contributed by atoms with Crippen LogP contribution in [-0.4, -0.2) is 27.1 Å². The molecule has 1 heterocycles. The van der Waals surface area contributed by atoms with Crippen molar-refractivity contribution in [1.29, 1.82) is 0 Å². The van der Waals surface area contributed by atoms with Gasteiger partial charge in [-0.3, -0.25) is 0 Å². The van der Waals surface area contributed by atoms with Crippen LogP contribution in [0.4, 0.5) is 0 Å². The van der Waals surface area contributed by atoms with Crippen molar-refractivity contribution < 1.29 is 9.16 Å². The van der Waals surface area contributed by atoms with E-state index in [0.29, 0.717) is 12.2 Å². The molecule has 1 aliphatic rings. The summed E-state index contributed by atoms with van der Waals surface area (Å²) in [6.45, 7) is 12.6. The topological polar surface area (TPSA) is 21.8 Å². The molecule has 0 amide bonds. The highest BCUT2D eigenvalue weighted by atomic mass is 28.4. The van der Waals surface area contributed by atoms with Gasteiger partial charge in [-0.05, 0) is 43.0 Å². The van der Waals surface area contributed by atoms with E-state index >= 15 is 0 Å². The predicted molar refractivity (Wildman–Crippen MR) is 100 cm³/mol. The molecular formula is C20H34O2Si. The van der Waals surface area contributed by atoms with E-state index in [1.807, 2.05) is 0 Å². The standard InChI is InChI=1S/C20H34O2Si/c1-20(2,3)23(4,5)22-18(15-19-16-21-19)14-10-9-13-17-11-7-6-8-12-17/h6-8,11-12,18-19H,9-10,13-16H2,1-5H3/t18-,19?/m1/s1. The number of hydrogen-bond donors (Lipinski definition) is 0. The van der Waals surface area contributed by atoms with Crippen molar-refractivity contribution in [3.05, 3.63) is 35.9 Å². The van der Waals surface area contributed by atoms with E-state index in [2.05, 4.69) is 64.2 Å². The SMILES string of the molecule is CC(C)(C)[Si](C)(C)O[C@H](CCCCc1ccccc1)CC1CO1. The van der Waals surface area contributed by atoms with Crippen LogP contribution in [0.25, 0.3) is 0 Å². The van der Waals surface area contributed by atoms with Gasteiger partial charge in [0.1, 0.15) is 0 Å². The van der Waals surface area contributed by atoms with Gasteiger partial charge >= 0.3 is 0 Å². The highest BCUT2D eigenvalue weighted by Gasteiger charge is 2.40. The molecule has 0 spiro atoms. The number of benzene rings is 1. The smallest absolute Gasteiger partial charge is 0.192 e. The second kappa shape index (κ2) is 7.95. The number of ether oxygens (including phenoxy) is 1. The maximum absolute atomic E-state index is 6.66. The molecule has 2 atom stereocenters. The van der Waals surface area contributed by atoms with Gasteiger partial charge in [0.25, 0.3) is 0 Å². The van der Waals surface area contributed by atoms with Crippen molar-refractivity contribution in [1.82, 2.24) is 0 Å². The molecule has 130 valence electrons. The van der Waals surface area contributed by atoms with Gasteiger partial charge in [-0.15, -0.1) is 0 Å². The van der Waals surface area contributed by atoms with E-state index in [-0.39, 0.29) is 5.04 Å². The Morgan fingerprint density at radius 3 is 2.39 bits per heavy atom. The average Bonchev–Trinajstić information content (AvgIpc) is 3.27. The number of aryl methyl sites for hydroxylation is 1. The molecule has 23 heavy (non-hydrogen) atoms. The van der Waals surface area contributed by atoms with Gasteiger partial charge in [0.05, 0.1) is 12.7 Å². The van der Waals surface area contributed by atoms with Gasteiger partial charge in [-0.25, -0.2) is 0 Å². The van der Waals surface area contributed by atoms with E-state index in [1.165, 1.54) is 31.2 Å². The fourth-order valence-corrected chi connectivity index (χ4v) is 4.06. The Kier molecular flexibility index (Phi) is 6.46. The van der Waals surface area contributed by atoms with Crippen molar-refractivity contribution in [2.75, 3.05) is 6.61 Å². The molecular weight excluding hydrogens is 300 g/mol. The lowest BCUT2D eigenvalue weighted by atomic mass is 10.0. The first-order valence-electron chi connectivity index (χ1n) is 9.11. The Hall–Kier alpha value is -0.643. The lowest BCUT2D eigenvalue weighted by molar-refractivity contribution is 0.146. The van der Waals surface area contributed by atoms with Crippen molar-refractivity contribution in [2.45, 2.75) is 83.2 Å². The molecule has 3 heteroatoms.